The van der Waals surface area contributed by atoms with E-state index in [0.29, 0.717) is 31.2 Å². The van der Waals surface area contributed by atoms with E-state index in [1.165, 1.54) is 24.3 Å². The van der Waals surface area contributed by atoms with Gasteiger partial charge in [0.1, 0.15) is 11.9 Å². The number of rotatable bonds is 7. The Hall–Kier alpha value is -2.00. The number of halogens is 2. The van der Waals surface area contributed by atoms with Crippen LogP contribution in [0, 0.1) is 11.7 Å². The molecule has 0 spiro atoms. The fraction of sp³-hybridized carbons (Fsp3) is 0.435. The smallest absolute Gasteiger partial charge is 0.241 e. The molecular weight excluding hydrogens is 453 g/mol. The molecule has 0 aromatic heterocycles. The Balaban J connectivity index is 1.66. The van der Waals surface area contributed by atoms with E-state index in [-0.39, 0.29) is 22.5 Å². The van der Waals surface area contributed by atoms with E-state index in [0.717, 1.165) is 18.5 Å². The zero-order chi connectivity index (χ0) is 23.3. The zero-order valence-electron chi connectivity index (χ0n) is 18.3. The quantitative estimate of drug-likeness (QED) is 0.657. The third-order valence-corrected chi connectivity index (χ3v) is 7.21. The van der Waals surface area contributed by atoms with Crippen LogP contribution in [-0.2, 0) is 21.4 Å². The number of amides is 1. The lowest BCUT2D eigenvalue weighted by atomic mass is 10.0. The van der Waals surface area contributed by atoms with Crippen molar-refractivity contribution < 1.29 is 17.6 Å². The highest BCUT2D eigenvalue weighted by atomic mass is 35.5. The normalized spacial score (nSPS) is 16.7. The molecule has 2 aromatic rings. The highest BCUT2D eigenvalue weighted by molar-refractivity contribution is 7.89. The van der Waals surface area contributed by atoms with Gasteiger partial charge in [-0.3, -0.25) is 9.69 Å². The summed E-state index contributed by atoms with van der Waals surface area (Å²) < 4.78 is 41.4. The molecule has 0 aliphatic carbocycles. The summed E-state index contributed by atoms with van der Waals surface area (Å²) >= 11 is 5.94. The summed E-state index contributed by atoms with van der Waals surface area (Å²) in [5.41, 5.74) is 1.01. The number of sulfonamides is 1. The Morgan fingerprint density at radius 3 is 2.47 bits per heavy atom. The summed E-state index contributed by atoms with van der Waals surface area (Å²) in [5, 5.41) is 0.314. The topological polar surface area (TPSA) is 69.7 Å². The number of nitrogens with one attached hydrogen (secondary N) is 1. The largest absolute Gasteiger partial charge is 0.340 e. The molecule has 0 radical (unpaired) electrons. The van der Waals surface area contributed by atoms with Gasteiger partial charge in [0.15, 0.2) is 0 Å². The van der Waals surface area contributed by atoms with Crippen molar-refractivity contribution >= 4 is 27.5 Å². The van der Waals surface area contributed by atoms with E-state index in [1.54, 1.807) is 29.2 Å². The Bertz CT molecular complexity index is 1030. The van der Waals surface area contributed by atoms with Gasteiger partial charge in [-0.25, -0.2) is 12.8 Å². The van der Waals surface area contributed by atoms with Crippen LogP contribution in [0.5, 0.6) is 0 Å². The molecule has 1 saturated heterocycles. The molecule has 0 saturated carbocycles. The average molecular weight is 482 g/mol. The number of hydrogen-bond donors (Lipinski definition) is 1. The van der Waals surface area contributed by atoms with Gasteiger partial charge in [0.25, 0.3) is 0 Å². The molecular formula is C23H29ClFN3O3S. The molecule has 1 atom stereocenters. The molecule has 2 aromatic carbocycles. The van der Waals surface area contributed by atoms with Crippen molar-refractivity contribution in [2.45, 2.75) is 37.8 Å². The Kier molecular flexibility index (Phi) is 8.27. The van der Waals surface area contributed by atoms with E-state index < -0.39 is 16.1 Å². The van der Waals surface area contributed by atoms with Crippen molar-refractivity contribution in [2.24, 2.45) is 5.92 Å². The number of carbonyl (C=O) groups is 1. The van der Waals surface area contributed by atoms with Gasteiger partial charge in [0.05, 0.1) is 4.90 Å². The lowest BCUT2D eigenvalue weighted by Crippen LogP contribution is -2.51. The van der Waals surface area contributed by atoms with Crippen LogP contribution in [0.25, 0.3) is 0 Å². The molecule has 0 bridgehead atoms. The average Bonchev–Trinajstić information content (AvgIpc) is 2.99. The van der Waals surface area contributed by atoms with Gasteiger partial charge >= 0.3 is 0 Å². The number of benzene rings is 2. The van der Waals surface area contributed by atoms with Gasteiger partial charge in [0.2, 0.25) is 15.9 Å². The first kappa shape index (κ1) is 24.6. The van der Waals surface area contributed by atoms with Crippen LogP contribution in [0.3, 0.4) is 0 Å². The van der Waals surface area contributed by atoms with E-state index in [9.17, 15) is 17.6 Å². The fourth-order valence-corrected chi connectivity index (χ4v) is 5.37. The predicted molar refractivity (Wildman–Crippen MR) is 123 cm³/mol. The zero-order valence-corrected chi connectivity index (χ0v) is 19.9. The van der Waals surface area contributed by atoms with Gasteiger partial charge in [-0.2, -0.15) is 4.72 Å². The molecule has 1 fully saturated rings. The minimum Gasteiger partial charge on any atom is -0.340 e. The third kappa shape index (κ3) is 6.51. The van der Waals surface area contributed by atoms with Crippen LogP contribution < -0.4 is 4.72 Å². The van der Waals surface area contributed by atoms with Crippen molar-refractivity contribution in [3.8, 4) is 0 Å². The van der Waals surface area contributed by atoms with Crippen molar-refractivity contribution in [1.82, 2.24) is 14.5 Å². The summed E-state index contributed by atoms with van der Waals surface area (Å²) in [5.74, 6) is -0.717. The van der Waals surface area contributed by atoms with E-state index in [2.05, 4.69) is 9.62 Å². The first-order chi connectivity index (χ1) is 15.2. The van der Waals surface area contributed by atoms with Gasteiger partial charge < -0.3 is 4.90 Å². The molecule has 6 nitrogen and oxygen atoms in total. The molecule has 1 heterocycles. The summed E-state index contributed by atoms with van der Waals surface area (Å²) in [6.07, 6.45) is 0.777. The number of carbonyl (C=O) groups excluding carboxylic acids is 1. The molecule has 174 valence electrons. The standard InChI is InChI=1S/C23H29ClFN3O3S/c1-17(2)22(26-32(30,31)21-6-3-5-19(24)15-21)23(29)28-12-4-11-27(13-14-28)16-18-7-9-20(25)10-8-18/h3,5-10,15,17,22,26H,4,11-14,16H2,1-2H3/t22-/m0/s1. The molecule has 1 aliphatic rings. The Labute approximate surface area is 194 Å². The fourth-order valence-electron chi connectivity index (χ4n) is 3.74. The van der Waals surface area contributed by atoms with Crippen LogP contribution in [0.1, 0.15) is 25.8 Å². The van der Waals surface area contributed by atoms with Crippen molar-refractivity contribution in [3.05, 3.63) is 64.9 Å². The maximum atomic E-state index is 13.3. The molecule has 32 heavy (non-hydrogen) atoms. The summed E-state index contributed by atoms with van der Waals surface area (Å²) in [4.78, 5) is 17.3. The van der Waals surface area contributed by atoms with Crippen molar-refractivity contribution in [2.75, 3.05) is 26.2 Å². The van der Waals surface area contributed by atoms with E-state index in [1.807, 2.05) is 13.8 Å². The van der Waals surface area contributed by atoms with Crippen LogP contribution in [-0.4, -0.2) is 56.3 Å². The van der Waals surface area contributed by atoms with E-state index >= 15 is 0 Å². The Morgan fingerprint density at radius 1 is 1.09 bits per heavy atom. The lowest BCUT2D eigenvalue weighted by Gasteiger charge is -2.29. The van der Waals surface area contributed by atoms with Crippen LogP contribution in [0.15, 0.2) is 53.4 Å². The van der Waals surface area contributed by atoms with Gasteiger partial charge in [0, 0.05) is 37.7 Å². The summed E-state index contributed by atoms with van der Waals surface area (Å²) in [6, 6.07) is 11.5. The third-order valence-electron chi connectivity index (χ3n) is 5.54. The maximum absolute atomic E-state index is 13.3. The van der Waals surface area contributed by atoms with Crippen LogP contribution in [0.4, 0.5) is 4.39 Å². The monoisotopic (exact) mass is 481 g/mol. The van der Waals surface area contributed by atoms with Crippen molar-refractivity contribution in [3.63, 3.8) is 0 Å². The van der Waals surface area contributed by atoms with Gasteiger partial charge in [-0.15, -0.1) is 0 Å². The van der Waals surface area contributed by atoms with E-state index in [4.69, 9.17) is 11.6 Å². The number of hydrogen-bond acceptors (Lipinski definition) is 4. The van der Waals surface area contributed by atoms with Crippen LogP contribution in [0.2, 0.25) is 5.02 Å². The minimum atomic E-state index is -3.90. The maximum Gasteiger partial charge on any atom is 0.241 e. The summed E-state index contributed by atoms with van der Waals surface area (Å²) in [7, 11) is -3.90. The number of nitrogens with zero attached hydrogens (tertiary/aromatic N) is 2. The first-order valence-corrected chi connectivity index (χ1v) is 12.6. The summed E-state index contributed by atoms with van der Waals surface area (Å²) in [6.45, 7) is 6.85. The highest BCUT2D eigenvalue weighted by Gasteiger charge is 2.32. The van der Waals surface area contributed by atoms with Crippen LogP contribution >= 0.6 is 11.6 Å². The molecule has 0 unspecified atom stereocenters. The molecule has 9 heteroatoms. The highest BCUT2D eigenvalue weighted by Crippen LogP contribution is 2.18. The lowest BCUT2D eigenvalue weighted by molar-refractivity contribution is -0.133. The first-order valence-electron chi connectivity index (χ1n) is 10.7. The minimum absolute atomic E-state index is 0.0322. The second-order valence-corrected chi connectivity index (χ2v) is 10.5. The van der Waals surface area contributed by atoms with Crippen molar-refractivity contribution in [1.29, 1.82) is 0 Å². The molecule has 3 rings (SSSR count). The molecule has 1 aliphatic heterocycles. The predicted octanol–water partition coefficient (Wildman–Crippen LogP) is 3.52. The molecule has 1 amide bonds. The SMILES string of the molecule is CC(C)[C@H](NS(=O)(=O)c1cccc(Cl)c1)C(=O)N1CCCN(Cc2ccc(F)cc2)CC1. The molecule has 1 N–H and O–H groups in total. The van der Waals surface area contributed by atoms with Gasteiger partial charge in [-0.1, -0.05) is 43.6 Å². The Morgan fingerprint density at radius 2 is 1.81 bits per heavy atom. The van der Waals surface area contributed by atoms with Gasteiger partial charge in [-0.05, 0) is 48.2 Å². The second kappa shape index (κ2) is 10.7. The second-order valence-electron chi connectivity index (χ2n) is 8.38.